The highest BCUT2D eigenvalue weighted by Gasteiger charge is 2.16. The third-order valence-electron chi connectivity index (χ3n) is 3.21. The van der Waals surface area contributed by atoms with Crippen LogP contribution in [0.2, 0.25) is 0 Å². The van der Waals surface area contributed by atoms with Gasteiger partial charge in [-0.3, -0.25) is 0 Å². The first-order chi connectivity index (χ1) is 5.45. The van der Waals surface area contributed by atoms with E-state index in [9.17, 15) is 0 Å². The maximum absolute atomic E-state index is 2.49. The van der Waals surface area contributed by atoms with Gasteiger partial charge >= 0.3 is 0 Å². The zero-order chi connectivity index (χ0) is 7.52. The molecule has 0 nitrogen and oxygen atoms in total. The van der Waals surface area contributed by atoms with Crippen molar-refractivity contribution < 1.29 is 0 Å². The summed E-state index contributed by atoms with van der Waals surface area (Å²) in [7, 11) is 0. The van der Waals surface area contributed by atoms with Gasteiger partial charge in [0.1, 0.15) is 0 Å². The van der Waals surface area contributed by atoms with E-state index in [4.69, 9.17) is 0 Å². The Morgan fingerprint density at radius 3 is 1.64 bits per heavy atom. The third-order valence-corrected chi connectivity index (χ3v) is 3.21. The minimum atomic E-state index is 0.948. The van der Waals surface area contributed by atoms with Crippen LogP contribution in [0.15, 0.2) is 12.2 Å². The monoisotopic (exact) mass is 150 g/mol. The van der Waals surface area contributed by atoms with Gasteiger partial charge in [-0.05, 0) is 37.5 Å². The van der Waals surface area contributed by atoms with E-state index in [2.05, 4.69) is 12.2 Å². The van der Waals surface area contributed by atoms with Crippen molar-refractivity contribution in [2.24, 2.45) is 11.8 Å². The molecular weight excluding hydrogens is 132 g/mol. The van der Waals surface area contributed by atoms with E-state index < -0.39 is 0 Å². The van der Waals surface area contributed by atoms with E-state index in [1.165, 1.54) is 44.9 Å². The van der Waals surface area contributed by atoms with Gasteiger partial charge in [-0.15, -0.1) is 0 Å². The van der Waals surface area contributed by atoms with Gasteiger partial charge < -0.3 is 0 Å². The van der Waals surface area contributed by atoms with E-state index in [1.54, 1.807) is 0 Å². The van der Waals surface area contributed by atoms with Crippen LogP contribution >= 0.6 is 0 Å². The molecule has 11 heavy (non-hydrogen) atoms. The Kier molecular flexibility index (Phi) is 2.30. The Morgan fingerprint density at radius 2 is 1.18 bits per heavy atom. The summed E-state index contributed by atoms with van der Waals surface area (Å²) >= 11 is 0. The van der Waals surface area contributed by atoms with E-state index in [0.717, 1.165) is 11.8 Å². The molecule has 2 unspecified atom stereocenters. The topological polar surface area (TPSA) is 0 Å². The highest BCUT2D eigenvalue weighted by atomic mass is 14.2. The zero-order valence-corrected chi connectivity index (χ0v) is 7.26. The lowest BCUT2D eigenvalue weighted by molar-refractivity contribution is 0.440. The molecule has 0 aromatic rings. The Morgan fingerprint density at radius 1 is 0.636 bits per heavy atom. The minimum absolute atomic E-state index is 0.948. The number of allylic oxidation sites excluding steroid dienone is 2. The minimum Gasteiger partial charge on any atom is -0.0851 e. The van der Waals surface area contributed by atoms with Crippen molar-refractivity contribution in [1.82, 2.24) is 0 Å². The van der Waals surface area contributed by atoms with Crippen LogP contribution in [-0.2, 0) is 0 Å². The van der Waals surface area contributed by atoms with Crippen LogP contribution in [0.4, 0.5) is 0 Å². The first-order valence-electron chi connectivity index (χ1n) is 5.13. The maximum atomic E-state index is 2.49. The smallest absolute Gasteiger partial charge is 0.0233 e. The molecule has 0 spiro atoms. The summed E-state index contributed by atoms with van der Waals surface area (Å²) in [6.45, 7) is 0. The van der Waals surface area contributed by atoms with Gasteiger partial charge in [0.25, 0.3) is 0 Å². The number of rotatable bonds is 0. The molecule has 0 saturated heterocycles. The van der Waals surface area contributed by atoms with Crippen molar-refractivity contribution in [2.45, 2.75) is 44.9 Å². The lowest BCUT2D eigenvalue weighted by atomic mass is 9.86. The molecule has 0 aromatic heterocycles. The first-order valence-corrected chi connectivity index (χ1v) is 5.13. The van der Waals surface area contributed by atoms with Crippen molar-refractivity contribution in [2.75, 3.05) is 0 Å². The molecule has 1 fully saturated rings. The Hall–Kier alpha value is -0.260. The average Bonchev–Trinajstić information content (AvgIpc) is 2.21. The largest absolute Gasteiger partial charge is 0.0851 e. The fourth-order valence-electron chi connectivity index (χ4n) is 2.41. The second kappa shape index (κ2) is 3.42. The van der Waals surface area contributed by atoms with Crippen molar-refractivity contribution in [3.8, 4) is 0 Å². The summed E-state index contributed by atoms with van der Waals surface area (Å²) in [6, 6.07) is 0. The Labute approximate surface area is 69.7 Å². The SMILES string of the molecule is C1=CC2CCCCCC1CC2. The van der Waals surface area contributed by atoms with Crippen molar-refractivity contribution in [1.29, 1.82) is 0 Å². The standard InChI is InChI=1S/C11H18/c1-2-4-10-6-8-11(5-3-1)9-7-10/h6,8,10-11H,1-5,7,9H2. The molecule has 0 amide bonds. The van der Waals surface area contributed by atoms with Crippen molar-refractivity contribution in [3.05, 3.63) is 12.2 Å². The molecule has 1 saturated carbocycles. The molecule has 3 aliphatic carbocycles. The van der Waals surface area contributed by atoms with Crippen LogP contribution in [0.5, 0.6) is 0 Å². The Bertz CT molecular complexity index is 130. The van der Waals surface area contributed by atoms with Crippen LogP contribution in [0, 0.1) is 11.8 Å². The molecule has 0 radical (unpaired) electrons. The highest BCUT2D eigenvalue weighted by Crippen LogP contribution is 2.31. The third kappa shape index (κ3) is 1.85. The molecule has 2 bridgehead atoms. The summed E-state index contributed by atoms with van der Waals surface area (Å²) in [4.78, 5) is 0. The maximum Gasteiger partial charge on any atom is -0.0233 e. The first kappa shape index (κ1) is 7.39. The molecule has 0 aromatic carbocycles. The number of fused-ring (bicyclic) bond motifs is 5. The summed E-state index contributed by atoms with van der Waals surface area (Å²) in [5.41, 5.74) is 0. The van der Waals surface area contributed by atoms with Gasteiger partial charge in [-0.2, -0.15) is 0 Å². The lowest BCUT2D eigenvalue weighted by Crippen LogP contribution is -2.06. The Balaban J connectivity index is 2.02. The van der Waals surface area contributed by atoms with Crippen molar-refractivity contribution >= 4 is 0 Å². The van der Waals surface area contributed by atoms with Gasteiger partial charge in [0.05, 0.1) is 0 Å². The van der Waals surface area contributed by atoms with Gasteiger partial charge in [-0.25, -0.2) is 0 Å². The van der Waals surface area contributed by atoms with E-state index in [1.807, 2.05) is 0 Å². The van der Waals surface area contributed by atoms with Gasteiger partial charge in [0, 0.05) is 0 Å². The van der Waals surface area contributed by atoms with E-state index in [-0.39, 0.29) is 0 Å². The second-order valence-electron chi connectivity index (χ2n) is 4.12. The average molecular weight is 150 g/mol. The molecule has 0 N–H and O–H groups in total. The van der Waals surface area contributed by atoms with Crippen LogP contribution in [0.1, 0.15) is 44.9 Å². The van der Waals surface area contributed by atoms with Gasteiger partial charge in [-0.1, -0.05) is 31.4 Å². The van der Waals surface area contributed by atoms with Crippen LogP contribution in [0.25, 0.3) is 0 Å². The quantitative estimate of drug-likeness (QED) is 0.463. The van der Waals surface area contributed by atoms with Gasteiger partial charge in [0.2, 0.25) is 0 Å². The van der Waals surface area contributed by atoms with Crippen LogP contribution in [0.3, 0.4) is 0 Å². The molecule has 3 aliphatic rings. The molecule has 0 heteroatoms. The normalized spacial score (nSPS) is 37.8. The van der Waals surface area contributed by atoms with Crippen molar-refractivity contribution in [3.63, 3.8) is 0 Å². The van der Waals surface area contributed by atoms with Crippen LogP contribution < -0.4 is 0 Å². The lowest BCUT2D eigenvalue weighted by Gasteiger charge is -2.20. The summed E-state index contributed by atoms with van der Waals surface area (Å²) in [5, 5.41) is 0. The molecule has 0 heterocycles. The number of hydrogen-bond acceptors (Lipinski definition) is 0. The summed E-state index contributed by atoms with van der Waals surface area (Å²) < 4.78 is 0. The fraction of sp³-hybridized carbons (Fsp3) is 0.818. The molecule has 0 aliphatic heterocycles. The number of hydrogen-bond donors (Lipinski definition) is 0. The summed E-state index contributed by atoms with van der Waals surface area (Å²) in [5.74, 6) is 1.90. The molecular formula is C11H18. The fourth-order valence-corrected chi connectivity index (χ4v) is 2.41. The van der Waals surface area contributed by atoms with E-state index >= 15 is 0 Å². The predicted molar refractivity (Wildman–Crippen MR) is 48.4 cm³/mol. The second-order valence-corrected chi connectivity index (χ2v) is 4.12. The molecule has 62 valence electrons. The molecule has 2 atom stereocenters. The molecule has 3 rings (SSSR count). The van der Waals surface area contributed by atoms with Crippen LogP contribution in [-0.4, -0.2) is 0 Å². The van der Waals surface area contributed by atoms with E-state index in [0.29, 0.717) is 0 Å². The zero-order valence-electron chi connectivity index (χ0n) is 7.26. The predicted octanol–water partition coefficient (Wildman–Crippen LogP) is 3.53. The highest BCUT2D eigenvalue weighted by molar-refractivity contribution is 4.98. The summed E-state index contributed by atoms with van der Waals surface area (Å²) in [6.07, 6.45) is 15.3. The van der Waals surface area contributed by atoms with Gasteiger partial charge in [0.15, 0.2) is 0 Å².